The van der Waals surface area contributed by atoms with Crippen molar-refractivity contribution in [3.05, 3.63) is 127 Å². The zero-order valence-electron chi connectivity index (χ0n) is 20.7. The molecular formula is C31H24N6O. The molecule has 38 heavy (non-hydrogen) atoms. The lowest BCUT2D eigenvalue weighted by molar-refractivity contribution is 0.100. The average Bonchev–Trinajstić information content (AvgIpc) is 3.50. The largest absolute Gasteiger partial charge is 0.366 e. The summed E-state index contributed by atoms with van der Waals surface area (Å²) in [6.45, 7) is 2.05. The van der Waals surface area contributed by atoms with E-state index in [0.717, 1.165) is 44.8 Å². The van der Waals surface area contributed by atoms with E-state index in [0.29, 0.717) is 11.5 Å². The average molecular weight is 497 g/mol. The molecule has 0 spiro atoms. The molecule has 0 bridgehead atoms. The molecule has 0 saturated carbocycles. The number of carbonyl (C=O) groups excluding carboxylic acids is 1. The van der Waals surface area contributed by atoms with Gasteiger partial charge in [0.15, 0.2) is 0 Å². The second-order valence-corrected chi connectivity index (χ2v) is 8.92. The maximum absolute atomic E-state index is 11.7. The number of hydrogen-bond acceptors (Lipinski definition) is 5. The Labute approximate surface area is 219 Å². The molecule has 4 aromatic carbocycles. The molecule has 0 aliphatic heterocycles. The number of fused-ring (bicyclic) bond motifs is 1. The summed E-state index contributed by atoms with van der Waals surface area (Å²) in [7, 11) is 0. The first-order valence-corrected chi connectivity index (χ1v) is 12.2. The summed E-state index contributed by atoms with van der Waals surface area (Å²) in [5.74, 6) is 0.0421. The van der Waals surface area contributed by atoms with Gasteiger partial charge in [0.2, 0.25) is 11.9 Å². The summed E-state index contributed by atoms with van der Waals surface area (Å²) in [6.07, 6.45) is 3.66. The minimum atomic E-state index is -0.476. The Balaban J connectivity index is 1.58. The maximum Gasteiger partial charge on any atom is 0.248 e. The molecule has 0 saturated heterocycles. The first-order valence-electron chi connectivity index (χ1n) is 12.2. The number of para-hydroxylation sites is 1. The highest BCUT2D eigenvalue weighted by atomic mass is 16.1. The third kappa shape index (κ3) is 4.26. The lowest BCUT2D eigenvalue weighted by Crippen LogP contribution is -2.16. The van der Waals surface area contributed by atoms with Crippen LogP contribution in [0.4, 0.5) is 17.3 Å². The van der Waals surface area contributed by atoms with Crippen LogP contribution in [0.2, 0.25) is 0 Å². The van der Waals surface area contributed by atoms with Gasteiger partial charge in [-0.05, 0) is 67.1 Å². The zero-order valence-corrected chi connectivity index (χ0v) is 20.7. The number of benzene rings is 4. The van der Waals surface area contributed by atoms with Crippen molar-refractivity contribution in [2.24, 2.45) is 5.73 Å². The van der Waals surface area contributed by atoms with Crippen LogP contribution in [0.15, 0.2) is 116 Å². The van der Waals surface area contributed by atoms with Crippen LogP contribution >= 0.6 is 0 Å². The predicted molar refractivity (Wildman–Crippen MR) is 150 cm³/mol. The van der Waals surface area contributed by atoms with Crippen LogP contribution in [0, 0.1) is 6.92 Å². The Morgan fingerprint density at radius 1 is 0.842 bits per heavy atom. The predicted octanol–water partition coefficient (Wildman–Crippen LogP) is 6.36. The van der Waals surface area contributed by atoms with E-state index < -0.39 is 5.91 Å². The third-order valence-electron chi connectivity index (χ3n) is 6.44. The molecule has 6 rings (SSSR count). The maximum atomic E-state index is 11.7. The van der Waals surface area contributed by atoms with Gasteiger partial charge in [0.05, 0.1) is 22.6 Å². The van der Waals surface area contributed by atoms with Gasteiger partial charge in [-0.3, -0.25) is 9.69 Å². The SMILES string of the molecule is Cc1cc(-n2cccn2)ccc1N(c1ccc(C(N)=O)cc1)c1nc(-c2ccccc2)c2ccccc2n1. The quantitative estimate of drug-likeness (QED) is 0.290. The summed E-state index contributed by atoms with van der Waals surface area (Å²) in [5, 5.41) is 5.33. The first-order chi connectivity index (χ1) is 18.6. The summed E-state index contributed by atoms with van der Waals surface area (Å²) in [6, 6.07) is 33.3. The number of aryl methyl sites for hydroxylation is 1. The Hall–Kier alpha value is -5.30. The molecule has 0 aliphatic carbocycles. The van der Waals surface area contributed by atoms with Crippen LogP contribution in [0.1, 0.15) is 15.9 Å². The van der Waals surface area contributed by atoms with Crippen LogP contribution in [0.5, 0.6) is 0 Å². The van der Waals surface area contributed by atoms with Crippen LogP contribution in [-0.4, -0.2) is 25.7 Å². The standard InChI is InChI=1S/C31H24N6O/c1-21-20-25(36-19-7-18-33-36)16-17-28(21)37(24-14-12-23(13-15-24)30(32)38)31-34-27-11-6-5-10-26(27)29(35-31)22-8-3-2-4-9-22/h2-20H,1H3,(H2,32,38). The van der Waals surface area contributed by atoms with Crippen molar-refractivity contribution < 1.29 is 4.79 Å². The van der Waals surface area contributed by atoms with Gasteiger partial charge in [0, 0.05) is 34.6 Å². The van der Waals surface area contributed by atoms with Crippen LogP contribution in [0.3, 0.4) is 0 Å². The molecule has 1 amide bonds. The van der Waals surface area contributed by atoms with E-state index in [1.54, 1.807) is 18.3 Å². The van der Waals surface area contributed by atoms with Crippen molar-refractivity contribution in [2.75, 3.05) is 4.90 Å². The van der Waals surface area contributed by atoms with E-state index in [4.69, 9.17) is 15.7 Å². The number of rotatable bonds is 6. The lowest BCUT2D eigenvalue weighted by atomic mass is 10.1. The molecule has 0 radical (unpaired) electrons. The molecule has 0 unspecified atom stereocenters. The van der Waals surface area contributed by atoms with Crippen molar-refractivity contribution in [1.29, 1.82) is 0 Å². The fourth-order valence-electron chi connectivity index (χ4n) is 4.57. The second kappa shape index (κ2) is 9.63. The van der Waals surface area contributed by atoms with Gasteiger partial charge in [-0.25, -0.2) is 14.6 Å². The summed E-state index contributed by atoms with van der Waals surface area (Å²) < 4.78 is 1.82. The van der Waals surface area contributed by atoms with E-state index in [9.17, 15) is 4.79 Å². The minimum Gasteiger partial charge on any atom is -0.366 e. The number of hydrogen-bond donors (Lipinski definition) is 1. The Bertz CT molecular complexity index is 1750. The Morgan fingerprint density at radius 2 is 1.61 bits per heavy atom. The van der Waals surface area contributed by atoms with Gasteiger partial charge in [-0.1, -0.05) is 48.5 Å². The highest BCUT2D eigenvalue weighted by molar-refractivity contribution is 5.95. The molecular weight excluding hydrogens is 472 g/mol. The molecule has 2 heterocycles. The Morgan fingerprint density at radius 3 is 2.32 bits per heavy atom. The molecule has 2 N–H and O–H groups in total. The summed E-state index contributed by atoms with van der Waals surface area (Å²) in [5.41, 5.74) is 12.3. The highest BCUT2D eigenvalue weighted by Gasteiger charge is 2.21. The number of primary amides is 1. The lowest BCUT2D eigenvalue weighted by Gasteiger charge is -2.26. The van der Waals surface area contributed by atoms with E-state index >= 15 is 0 Å². The molecule has 0 fully saturated rings. The van der Waals surface area contributed by atoms with E-state index in [2.05, 4.69) is 23.3 Å². The number of nitrogens with two attached hydrogens (primary N) is 1. The molecule has 184 valence electrons. The van der Waals surface area contributed by atoms with Crippen LogP contribution < -0.4 is 10.6 Å². The fraction of sp³-hybridized carbons (Fsp3) is 0.0323. The van der Waals surface area contributed by atoms with Gasteiger partial charge in [-0.2, -0.15) is 5.10 Å². The van der Waals surface area contributed by atoms with Crippen molar-refractivity contribution in [2.45, 2.75) is 6.92 Å². The van der Waals surface area contributed by atoms with Gasteiger partial charge in [0.1, 0.15) is 0 Å². The van der Waals surface area contributed by atoms with Crippen LogP contribution in [0.25, 0.3) is 27.8 Å². The van der Waals surface area contributed by atoms with Crippen molar-refractivity contribution in [3.8, 4) is 16.9 Å². The minimum absolute atomic E-state index is 0.434. The molecule has 2 aromatic heterocycles. The molecule has 0 atom stereocenters. The van der Waals surface area contributed by atoms with Crippen molar-refractivity contribution >= 4 is 34.1 Å². The summed E-state index contributed by atoms with van der Waals surface area (Å²) in [4.78, 5) is 23.8. The Kier molecular flexibility index (Phi) is 5.86. The topological polar surface area (TPSA) is 89.9 Å². The van der Waals surface area contributed by atoms with E-state index in [1.807, 2.05) is 95.5 Å². The smallest absolute Gasteiger partial charge is 0.248 e. The van der Waals surface area contributed by atoms with E-state index in [1.165, 1.54) is 0 Å². The molecule has 0 aliphatic rings. The molecule has 6 aromatic rings. The number of anilines is 3. The normalized spacial score (nSPS) is 11.0. The summed E-state index contributed by atoms with van der Waals surface area (Å²) >= 11 is 0. The van der Waals surface area contributed by atoms with Gasteiger partial charge < -0.3 is 5.73 Å². The molecule has 7 nitrogen and oxygen atoms in total. The first kappa shape index (κ1) is 23.1. The number of aromatic nitrogens is 4. The van der Waals surface area contributed by atoms with Crippen LogP contribution in [-0.2, 0) is 0 Å². The number of amides is 1. The third-order valence-corrected chi connectivity index (χ3v) is 6.44. The van der Waals surface area contributed by atoms with Gasteiger partial charge >= 0.3 is 0 Å². The van der Waals surface area contributed by atoms with Crippen molar-refractivity contribution in [3.63, 3.8) is 0 Å². The van der Waals surface area contributed by atoms with Gasteiger partial charge in [0.25, 0.3) is 0 Å². The van der Waals surface area contributed by atoms with E-state index in [-0.39, 0.29) is 0 Å². The van der Waals surface area contributed by atoms with Gasteiger partial charge in [-0.15, -0.1) is 0 Å². The van der Waals surface area contributed by atoms with Crippen molar-refractivity contribution in [1.82, 2.24) is 19.7 Å². The number of nitrogens with zero attached hydrogens (tertiary/aromatic N) is 5. The number of carbonyl (C=O) groups is 1. The highest BCUT2D eigenvalue weighted by Crippen LogP contribution is 2.38. The monoisotopic (exact) mass is 496 g/mol. The molecule has 7 heteroatoms. The second-order valence-electron chi connectivity index (χ2n) is 8.92. The zero-order chi connectivity index (χ0) is 26.1. The fourth-order valence-corrected chi connectivity index (χ4v) is 4.57.